The highest BCUT2D eigenvalue weighted by atomic mass is 19.1. The second-order valence-corrected chi connectivity index (χ2v) is 5.96. The van der Waals surface area contributed by atoms with Crippen LogP contribution in [-0.2, 0) is 16.1 Å². The van der Waals surface area contributed by atoms with Gasteiger partial charge in [0.05, 0.1) is 6.61 Å². The molecule has 0 N–H and O–H groups in total. The molecule has 0 unspecified atom stereocenters. The van der Waals surface area contributed by atoms with Crippen LogP contribution < -0.4 is 0 Å². The predicted molar refractivity (Wildman–Crippen MR) is 97.2 cm³/mol. The molecule has 2 aromatic carbocycles. The second kappa shape index (κ2) is 8.14. The van der Waals surface area contributed by atoms with E-state index in [0.717, 1.165) is 5.39 Å². The summed E-state index contributed by atoms with van der Waals surface area (Å²) < 4.78 is 29.4. The number of rotatable bonds is 7. The van der Waals surface area contributed by atoms with Crippen LogP contribution in [0.25, 0.3) is 11.0 Å². The molecule has 0 radical (unpaired) electrons. The van der Waals surface area contributed by atoms with Crippen LogP contribution in [0.15, 0.2) is 52.9 Å². The number of esters is 1. The quantitative estimate of drug-likeness (QED) is 0.451. The maximum Gasteiger partial charge on any atom is 0.375 e. The molecule has 1 atom stereocenters. The zero-order valence-electron chi connectivity index (χ0n) is 15.0. The Kier molecular flexibility index (Phi) is 5.66. The molecule has 0 aliphatic heterocycles. The van der Waals surface area contributed by atoms with Crippen LogP contribution >= 0.6 is 0 Å². The molecule has 0 bridgehead atoms. The molecule has 0 saturated heterocycles. The minimum atomic E-state index is -1.05. The molecule has 6 heteroatoms. The largest absolute Gasteiger partial charge is 0.449 e. The maximum absolute atomic E-state index is 13.0. The van der Waals surface area contributed by atoms with Crippen LogP contribution in [0.5, 0.6) is 0 Å². The standard InChI is InChI=1S/C21H19FO5/c1-3-25-12-17-16-6-4-5-7-18(16)27-20(17)21(24)26-13(2)19(23)14-8-10-15(22)11-9-14/h4-11,13H,3,12H2,1-2H3/t13-/m1/s1. The topological polar surface area (TPSA) is 65.7 Å². The summed E-state index contributed by atoms with van der Waals surface area (Å²) in [5, 5.41) is 0.760. The van der Waals surface area contributed by atoms with Crippen molar-refractivity contribution in [1.29, 1.82) is 0 Å². The zero-order chi connectivity index (χ0) is 19.4. The number of hydrogen-bond donors (Lipinski definition) is 0. The summed E-state index contributed by atoms with van der Waals surface area (Å²) in [6, 6.07) is 12.3. The van der Waals surface area contributed by atoms with E-state index >= 15 is 0 Å². The zero-order valence-corrected chi connectivity index (χ0v) is 15.0. The Balaban J connectivity index is 1.82. The second-order valence-electron chi connectivity index (χ2n) is 5.96. The number of carbonyl (C=O) groups is 2. The maximum atomic E-state index is 13.0. The molecule has 1 heterocycles. The Morgan fingerprint density at radius 3 is 2.52 bits per heavy atom. The van der Waals surface area contributed by atoms with E-state index in [2.05, 4.69) is 0 Å². The van der Waals surface area contributed by atoms with Gasteiger partial charge in [-0.15, -0.1) is 0 Å². The number of ether oxygens (including phenoxy) is 2. The molecule has 0 aliphatic rings. The Bertz CT molecular complexity index is 958. The van der Waals surface area contributed by atoms with Gasteiger partial charge < -0.3 is 13.9 Å². The first-order chi connectivity index (χ1) is 13.0. The van der Waals surface area contributed by atoms with Crippen LogP contribution in [-0.4, -0.2) is 24.5 Å². The summed E-state index contributed by atoms with van der Waals surface area (Å²) in [7, 11) is 0. The summed E-state index contributed by atoms with van der Waals surface area (Å²) in [5.41, 5.74) is 1.38. The highest BCUT2D eigenvalue weighted by Crippen LogP contribution is 2.27. The highest BCUT2D eigenvalue weighted by Gasteiger charge is 2.26. The lowest BCUT2D eigenvalue weighted by atomic mass is 10.1. The van der Waals surface area contributed by atoms with Crippen molar-refractivity contribution in [1.82, 2.24) is 0 Å². The fourth-order valence-electron chi connectivity index (χ4n) is 2.73. The third kappa shape index (κ3) is 4.06. The van der Waals surface area contributed by atoms with E-state index in [0.29, 0.717) is 17.8 Å². The summed E-state index contributed by atoms with van der Waals surface area (Å²) in [4.78, 5) is 25.0. The minimum absolute atomic E-state index is 0.0170. The van der Waals surface area contributed by atoms with Crippen LogP contribution in [0.2, 0.25) is 0 Å². The molecule has 0 amide bonds. The first kappa shape index (κ1) is 18.8. The number of furan rings is 1. The van der Waals surface area contributed by atoms with E-state index < -0.39 is 23.7 Å². The van der Waals surface area contributed by atoms with Gasteiger partial charge in [-0.2, -0.15) is 0 Å². The minimum Gasteiger partial charge on any atom is -0.449 e. The van der Waals surface area contributed by atoms with Crippen molar-refractivity contribution in [2.45, 2.75) is 26.6 Å². The summed E-state index contributed by atoms with van der Waals surface area (Å²) in [6.45, 7) is 3.99. The molecule has 1 aromatic heterocycles. The van der Waals surface area contributed by atoms with Crippen molar-refractivity contribution in [3.63, 3.8) is 0 Å². The lowest BCUT2D eigenvalue weighted by Gasteiger charge is -2.12. The van der Waals surface area contributed by atoms with Gasteiger partial charge in [0, 0.05) is 23.1 Å². The van der Waals surface area contributed by atoms with E-state index in [1.165, 1.54) is 31.2 Å². The first-order valence-corrected chi connectivity index (χ1v) is 8.60. The van der Waals surface area contributed by atoms with Gasteiger partial charge in [0.25, 0.3) is 0 Å². The van der Waals surface area contributed by atoms with E-state index in [-0.39, 0.29) is 17.9 Å². The number of fused-ring (bicyclic) bond motifs is 1. The molecule has 0 aliphatic carbocycles. The summed E-state index contributed by atoms with van der Waals surface area (Å²) in [5.74, 6) is -1.60. The Hall–Kier alpha value is -2.99. The highest BCUT2D eigenvalue weighted by molar-refractivity contribution is 6.02. The molecule has 0 fully saturated rings. The smallest absolute Gasteiger partial charge is 0.375 e. The van der Waals surface area contributed by atoms with Crippen molar-refractivity contribution in [3.05, 3.63) is 71.2 Å². The van der Waals surface area contributed by atoms with E-state index in [4.69, 9.17) is 13.9 Å². The molecule has 0 spiro atoms. The van der Waals surface area contributed by atoms with Crippen LogP contribution in [0.3, 0.4) is 0 Å². The lowest BCUT2D eigenvalue weighted by Crippen LogP contribution is -2.24. The van der Waals surface area contributed by atoms with E-state index in [1.54, 1.807) is 12.1 Å². The monoisotopic (exact) mass is 370 g/mol. The predicted octanol–water partition coefficient (Wildman–Crippen LogP) is 4.54. The normalized spacial score (nSPS) is 12.1. The number of benzene rings is 2. The Morgan fingerprint density at radius 1 is 1.11 bits per heavy atom. The first-order valence-electron chi connectivity index (χ1n) is 8.60. The Morgan fingerprint density at radius 2 is 1.81 bits per heavy atom. The van der Waals surface area contributed by atoms with E-state index in [9.17, 15) is 14.0 Å². The van der Waals surface area contributed by atoms with Crippen molar-refractivity contribution < 1.29 is 27.9 Å². The van der Waals surface area contributed by atoms with Crippen LogP contribution in [0.4, 0.5) is 4.39 Å². The van der Waals surface area contributed by atoms with Crippen LogP contribution in [0.1, 0.15) is 40.3 Å². The fraction of sp³-hybridized carbons (Fsp3) is 0.238. The third-order valence-corrected chi connectivity index (χ3v) is 4.12. The number of para-hydroxylation sites is 1. The van der Waals surface area contributed by atoms with Crippen LogP contribution in [0, 0.1) is 5.82 Å². The molecule has 3 aromatic rings. The third-order valence-electron chi connectivity index (χ3n) is 4.12. The van der Waals surface area contributed by atoms with Crippen molar-refractivity contribution in [2.24, 2.45) is 0 Å². The number of halogens is 1. The van der Waals surface area contributed by atoms with Gasteiger partial charge in [-0.25, -0.2) is 9.18 Å². The van der Waals surface area contributed by atoms with Gasteiger partial charge in [0.2, 0.25) is 11.5 Å². The molecule has 0 saturated carbocycles. The lowest BCUT2D eigenvalue weighted by molar-refractivity contribution is 0.0285. The summed E-state index contributed by atoms with van der Waals surface area (Å²) in [6.07, 6.45) is -1.05. The van der Waals surface area contributed by atoms with Gasteiger partial charge in [-0.3, -0.25) is 4.79 Å². The van der Waals surface area contributed by atoms with Crippen molar-refractivity contribution >= 4 is 22.7 Å². The average Bonchev–Trinajstić information content (AvgIpc) is 3.05. The van der Waals surface area contributed by atoms with Gasteiger partial charge in [-0.05, 0) is 44.2 Å². The van der Waals surface area contributed by atoms with Crippen molar-refractivity contribution in [3.8, 4) is 0 Å². The molecule has 27 heavy (non-hydrogen) atoms. The van der Waals surface area contributed by atoms with E-state index in [1.807, 2.05) is 19.1 Å². The SMILES string of the molecule is CCOCc1c(C(=O)O[C@H](C)C(=O)c2ccc(F)cc2)oc2ccccc12. The molecular weight excluding hydrogens is 351 g/mol. The number of carbonyl (C=O) groups excluding carboxylic acids is 2. The average molecular weight is 370 g/mol. The van der Waals surface area contributed by atoms with Gasteiger partial charge in [0.1, 0.15) is 11.4 Å². The number of Topliss-reactive ketones (excluding diaryl/α,β-unsaturated/α-hetero) is 1. The fourth-order valence-corrected chi connectivity index (χ4v) is 2.73. The van der Waals surface area contributed by atoms with Gasteiger partial charge >= 0.3 is 5.97 Å². The Labute approximate surface area is 155 Å². The molecule has 5 nitrogen and oxygen atoms in total. The molecule has 140 valence electrons. The summed E-state index contributed by atoms with van der Waals surface area (Å²) >= 11 is 0. The van der Waals surface area contributed by atoms with Gasteiger partial charge in [0.15, 0.2) is 6.10 Å². The van der Waals surface area contributed by atoms with Gasteiger partial charge in [-0.1, -0.05) is 18.2 Å². The molecular formula is C21H19FO5. The number of ketones is 1. The van der Waals surface area contributed by atoms with Crippen molar-refractivity contribution in [2.75, 3.05) is 6.61 Å². The molecule has 3 rings (SSSR count). The number of hydrogen-bond acceptors (Lipinski definition) is 5.